The largest absolute Gasteiger partial charge is 0.419 e. The van der Waals surface area contributed by atoms with Crippen molar-refractivity contribution in [3.63, 3.8) is 0 Å². The molecule has 0 amide bonds. The first-order valence-corrected chi connectivity index (χ1v) is 7.85. The summed E-state index contributed by atoms with van der Waals surface area (Å²) in [5, 5.41) is 8.78. The zero-order chi connectivity index (χ0) is 17.8. The van der Waals surface area contributed by atoms with E-state index in [1.54, 1.807) is 0 Å². The number of nitrogens with zero attached hydrogens (tertiary/aromatic N) is 2. The Bertz CT molecular complexity index is 508. The second kappa shape index (κ2) is 10.7. The van der Waals surface area contributed by atoms with E-state index in [1.807, 2.05) is 13.8 Å². The van der Waals surface area contributed by atoms with Crippen LogP contribution in [-0.2, 0) is 10.9 Å². The van der Waals surface area contributed by atoms with Crippen molar-refractivity contribution >= 4 is 11.8 Å². The Morgan fingerprint density at radius 2 is 2.04 bits per heavy atom. The van der Waals surface area contributed by atoms with Gasteiger partial charge in [-0.2, -0.15) is 13.2 Å². The Kier molecular flexibility index (Phi) is 8.92. The third-order valence-corrected chi connectivity index (χ3v) is 2.88. The molecule has 0 aromatic carbocycles. The average molecular weight is 347 g/mol. The minimum Gasteiger partial charge on any atom is -0.380 e. The molecular weight excluding hydrogens is 323 g/mol. The summed E-state index contributed by atoms with van der Waals surface area (Å²) in [4.78, 5) is 8.05. The van der Waals surface area contributed by atoms with Crippen LogP contribution in [-0.4, -0.2) is 50.3 Å². The maximum Gasteiger partial charge on any atom is 0.419 e. The molecule has 0 unspecified atom stereocenters. The number of halogens is 3. The van der Waals surface area contributed by atoms with Crippen LogP contribution in [0.25, 0.3) is 0 Å². The fourth-order valence-corrected chi connectivity index (χ4v) is 1.84. The Balaban J connectivity index is 2.46. The third-order valence-electron chi connectivity index (χ3n) is 2.88. The van der Waals surface area contributed by atoms with Crippen molar-refractivity contribution in [2.45, 2.75) is 20.0 Å². The van der Waals surface area contributed by atoms with Gasteiger partial charge in [-0.05, 0) is 26.0 Å². The topological polar surface area (TPSA) is 70.6 Å². The van der Waals surface area contributed by atoms with Gasteiger partial charge >= 0.3 is 6.18 Å². The molecule has 0 aliphatic carbocycles. The van der Waals surface area contributed by atoms with Crippen LogP contribution >= 0.6 is 0 Å². The molecule has 0 radical (unpaired) electrons. The molecule has 3 N–H and O–H groups in total. The first-order chi connectivity index (χ1) is 11.5. The lowest BCUT2D eigenvalue weighted by Crippen LogP contribution is -2.39. The zero-order valence-electron chi connectivity index (χ0n) is 13.9. The quantitative estimate of drug-likeness (QED) is 0.363. The highest BCUT2D eigenvalue weighted by molar-refractivity contribution is 5.79. The van der Waals surface area contributed by atoms with Gasteiger partial charge in [0.15, 0.2) is 5.96 Å². The summed E-state index contributed by atoms with van der Waals surface area (Å²) in [7, 11) is 0. The molecule has 0 spiro atoms. The molecule has 136 valence electrons. The molecule has 1 heterocycles. The van der Waals surface area contributed by atoms with Crippen LogP contribution in [0.15, 0.2) is 23.3 Å². The maximum atomic E-state index is 12.9. The predicted octanol–water partition coefficient (Wildman–Crippen LogP) is 2.10. The van der Waals surface area contributed by atoms with Crippen LogP contribution in [0.5, 0.6) is 0 Å². The minimum absolute atomic E-state index is 0.176. The van der Waals surface area contributed by atoms with Gasteiger partial charge in [-0.25, -0.2) is 4.98 Å². The molecule has 0 aliphatic rings. The van der Waals surface area contributed by atoms with Crippen molar-refractivity contribution in [2.75, 3.05) is 44.7 Å². The van der Waals surface area contributed by atoms with E-state index in [0.29, 0.717) is 38.8 Å². The third kappa shape index (κ3) is 7.49. The van der Waals surface area contributed by atoms with Crippen LogP contribution in [0.4, 0.5) is 19.0 Å². The van der Waals surface area contributed by atoms with Gasteiger partial charge < -0.3 is 20.7 Å². The van der Waals surface area contributed by atoms with E-state index in [-0.39, 0.29) is 12.4 Å². The lowest BCUT2D eigenvalue weighted by molar-refractivity contribution is -0.137. The van der Waals surface area contributed by atoms with Crippen molar-refractivity contribution in [1.82, 2.24) is 15.6 Å². The molecule has 6 nitrogen and oxygen atoms in total. The van der Waals surface area contributed by atoms with Crippen molar-refractivity contribution < 1.29 is 17.9 Å². The Labute approximate surface area is 139 Å². The summed E-state index contributed by atoms with van der Waals surface area (Å²) < 4.78 is 43.8. The van der Waals surface area contributed by atoms with E-state index in [0.717, 1.165) is 6.07 Å². The predicted molar refractivity (Wildman–Crippen MR) is 88.2 cm³/mol. The lowest BCUT2D eigenvalue weighted by Gasteiger charge is -2.14. The first-order valence-electron chi connectivity index (χ1n) is 7.85. The van der Waals surface area contributed by atoms with E-state index in [1.165, 1.54) is 12.3 Å². The second-order valence-electron chi connectivity index (χ2n) is 4.71. The SMILES string of the molecule is CCNC(=NCCOCC)NCCNc1ncccc1C(F)(F)F. The first kappa shape index (κ1) is 20.0. The molecule has 1 aromatic heterocycles. The number of ether oxygens (including phenoxy) is 1. The molecule has 1 aromatic rings. The number of anilines is 1. The number of hydrogen-bond acceptors (Lipinski definition) is 4. The Morgan fingerprint density at radius 1 is 1.25 bits per heavy atom. The van der Waals surface area contributed by atoms with E-state index < -0.39 is 11.7 Å². The lowest BCUT2D eigenvalue weighted by atomic mass is 10.2. The fraction of sp³-hybridized carbons (Fsp3) is 0.600. The van der Waals surface area contributed by atoms with Crippen LogP contribution in [0.1, 0.15) is 19.4 Å². The van der Waals surface area contributed by atoms with Crippen LogP contribution < -0.4 is 16.0 Å². The average Bonchev–Trinajstić information content (AvgIpc) is 2.55. The van der Waals surface area contributed by atoms with Gasteiger partial charge in [0.2, 0.25) is 0 Å². The normalized spacial score (nSPS) is 12.1. The van der Waals surface area contributed by atoms with E-state index in [4.69, 9.17) is 4.74 Å². The maximum absolute atomic E-state index is 12.9. The summed E-state index contributed by atoms with van der Waals surface area (Å²) in [5.74, 6) is 0.418. The summed E-state index contributed by atoms with van der Waals surface area (Å²) in [6.07, 6.45) is -3.11. The van der Waals surface area contributed by atoms with Crippen molar-refractivity contribution in [1.29, 1.82) is 0 Å². The van der Waals surface area contributed by atoms with Gasteiger partial charge in [0.1, 0.15) is 5.82 Å². The van der Waals surface area contributed by atoms with Gasteiger partial charge in [0.25, 0.3) is 0 Å². The minimum atomic E-state index is -4.43. The summed E-state index contributed by atoms with van der Waals surface area (Å²) in [5.41, 5.74) is -0.776. The molecule has 0 bridgehead atoms. The Morgan fingerprint density at radius 3 is 2.71 bits per heavy atom. The van der Waals surface area contributed by atoms with E-state index >= 15 is 0 Å². The second-order valence-corrected chi connectivity index (χ2v) is 4.71. The van der Waals surface area contributed by atoms with Crippen LogP contribution in [0.3, 0.4) is 0 Å². The van der Waals surface area contributed by atoms with Gasteiger partial charge in [0.05, 0.1) is 18.7 Å². The summed E-state index contributed by atoms with van der Waals surface area (Å²) in [6, 6.07) is 2.27. The number of pyridine rings is 1. The number of aliphatic imine (C=N–C) groups is 1. The molecule has 0 saturated carbocycles. The number of aromatic nitrogens is 1. The summed E-state index contributed by atoms with van der Waals surface area (Å²) >= 11 is 0. The number of nitrogens with one attached hydrogen (secondary N) is 3. The van der Waals surface area contributed by atoms with Crippen molar-refractivity contribution in [3.05, 3.63) is 23.9 Å². The van der Waals surface area contributed by atoms with Crippen molar-refractivity contribution in [3.8, 4) is 0 Å². The fourth-order valence-electron chi connectivity index (χ4n) is 1.84. The smallest absolute Gasteiger partial charge is 0.380 e. The zero-order valence-corrected chi connectivity index (χ0v) is 13.9. The molecule has 0 saturated heterocycles. The molecule has 0 atom stereocenters. The van der Waals surface area contributed by atoms with Gasteiger partial charge in [-0.3, -0.25) is 4.99 Å². The van der Waals surface area contributed by atoms with Gasteiger partial charge in [0, 0.05) is 32.4 Å². The number of hydrogen-bond donors (Lipinski definition) is 3. The molecule has 9 heteroatoms. The molecule has 0 aliphatic heterocycles. The van der Waals surface area contributed by atoms with Gasteiger partial charge in [-0.15, -0.1) is 0 Å². The highest BCUT2D eigenvalue weighted by Crippen LogP contribution is 2.33. The molecular formula is C15H24F3N5O. The highest BCUT2D eigenvalue weighted by atomic mass is 19.4. The standard InChI is InChI=1S/C15H24F3N5O/c1-3-19-14(23-10-11-24-4-2)22-9-8-21-13-12(15(16,17)18)6-5-7-20-13/h5-7H,3-4,8-11H2,1-2H3,(H,20,21)(H2,19,22,23). The number of alkyl halides is 3. The van der Waals surface area contributed by atoms with Crippen LogP contribution in [0, 0.1) is 0 Å². The van der Waals surface area contributed by atoms with Crippen LogP contribution in [0.2, 0.25) is 0 Å². The number of guanidine groups is 1. The summed E-state index contributed by atoms with van der Waals surface area (Å²) in [6.45, 7) is 6.86. The monoisotopic (exact) mass is 347 g/mol. The van der Waals surface area contributed by atoms with Crippen molar-refractivity contribution in [2.24, 2.45) is 4.99 Å². The molecule has 0 fully saturated rings. The van der Waals surface area contributed by atoms with E-state index in [2.05, 4.69) is 25.9 Å². The van der Waals surface area contributed by atoms with E-state index in [9.17, 15) is 13.2 Å². The van der Waals surface area contributed by atoms with Gasteiger partial charge in [-0.1, -0.05) is 0 Å². The molecule has 1 rings (SSSR count). The number of rotatable bonds is 9. The highest BCUT2D eigenvalue weighted by Gasteiger charge is 2.33. The molecule has 24 heavy (non-hydrogen) atoms. The Hall–Kier alpha value is -2.03.